The van der Waals surface area contributed by atoms with E-state index in [0.717, 1.165) is 81.3 Å². The number of carbonyl (C=O) groups excluding carboxylic acids is 1. The zero-order valence-electron chi connectivity index (χ0n) is 25.3. The quantitative estimate of drug-likeness (QED) is 0.256. The SMILES string of the molecule is CN1CCC(N(Cc2ccc(F)cc2)C(=O)NCc2ccc(OCCN3CCN(c4nsc5ccccc45)CC3)cc2)CC1. The first kappa shape index (κ1) is 30.3. The van der Waals surface area contributed by atoms with E-state index in [1.165, 1.54) is 22.2 Å². The van der Waals surface area contributed by atoms with Gasteiger partial charge in [-0.2, -0.15) is 4.37 Å². The van der Waals surface area contributed by atoms with Crippen LogP contribution in [0.4, 0.5) is 15.0 Å². The van der Waals surface area contributed by atoms with Gasteiger partial charge in [0, 0.05) is 57.2 Å². The van der Waals surface area contributed by atoms with E-state index < -0.39 is 0 Å². The summed E-state index contributed by atoms with van der Waals surface area (Å²) in [5, 5.41) is 4.36. The van der Waals surface area contributed by atoms with E-state index in [0.29, 0.717) is 19.7 Å². The van der Waals surface area contributed by atoms with Crippen molar-refractivity contribution in [2.45, 2.75) is 32.0 Å². The summed E-state index contributed by atoms with van der Waals surface area (Å²) in [6.45, 7) is 8.23. The van der Waals surface area contributed by atoms with E-state index in [-0.39, 0.29) is 17.9 Å². The molecule has 2 aliphatic rings. The van der Waals surface area contributed by atoms with Crippen molar-refractivity contribution in [3.63, 3.8) is 0 Å². The van der Waals surface area contributed by atoms with Crippen molar-refractivity contribution in [2.24, 2.45) is 0 Å². The van der Waals surface area contributed by atoms with Gasteiger partial charge < -0.3 is 24.8 Å². The zero-order chi connectivity index (χ0) is 30.3. The zero-order valence-corrected chi connectivity index (χ0v) is 26.1. The predicted molar refractivity (Wildman–Crippen MR) is 175 cm³/mol. The number of carbonyl (C=O) groups is 1. The molecule has 0 radical (unpaired) electrons. The molecule has 0 spiro atoms. The number of aromatic nitrogens is 1. The third kappa shape index (κ3) is 7.67. The molecule has 1 aromatic heterocycles. The Bertz CT molecular complexity index is 1500. The average molecular weight is 617 g/mol. The number of benzene rings is 3. The van der Waals surface area contributed by atoms with E-state index in [9.17, 15) is 9.18 Å². The first-order chi connectivity index (χ1) is 21.5. The molecule has 2 saturated heterocycles. The highest BCUT2D eigenvalue weighted by Gasteiger charge is 2.27. The Morgan fingerprint density at radius 2 is 1.66 bits per heavy atom. The van der Waals surface area contributed by atoms with Crippen molar-refractivity contribution in [1.29, 1.82) is 0 Å². The summed E-state index contributed by atoms with van der Waals surface area (Å²) < 4.78 is 25.5. The van der Waals surface area contributed by atoms with Crippen LogP contribution >= 0.6 is 11.5 Å². The fourth-order valence-corrected chi connectivity index (χ4v) is 6.81. The molecule has 4 aromatic rings. The van der Waals surface area contributed by atoms with Crippen LogP contribution in [0.3, 0.4) is 0 Å². The summed E-state index contributed by atoms with van der Waals surface area (Å²) in [5.74, 6) is 1.67. The Kier molecular flexibility index (Phi) is 9.89. The number of piperazine rings is 1. The molecule has 3 aromatic carbocycles. The van der Waals surface area contributed by atoms with E-state index in [4.69, 9.17) is 9.11 Å². The second-order valence-corrected chi connectivity index (χ2v) is 12.6. The van der Waals surface area contributed by atoms with Gasteiger partial charge in [0.2, 0.25) is 0 Å². The fraction of sp³-hybridized carbons (Fsp3) is 0.412. The number of piperidine rings is 1. The molecule has 0 atom stereocenters. The lowest BCUT2D eigenvalue weighted by Gasteiger charge is -2.37. The average Bonchev–Trinajstić information content (AvgIpc) is 3.49. The maximum atomic E-state index is 13.5. The molecule has 0 saturated carbocycles. The molecule has 3 heterocycles. The summed E-state index contributed by atoms with van der Waals surface area (Å²) >= 11 is 1.57. The van der Waals surface area contributed by atoms with Crippen LogP contribution in [0, 0.1) is 5.82 Å². The van der Waals surface area contributed by atoms with Crippen LogP contribution in [0.1, 0.15) is 24.0 Å². The van der Waals surface area contributed by atoms with E-state index in [1.807, 2.05) is 29.2 Å². The van der Waals surface area contributed by atoms with Gasteiger partial charge in [-0.25, -0.2) is 9.18 Å². The fourth-order valence-electron chi connectivity index (χ4n) is 6.02. The van der Waals surface area contributed by atoms with Crippen molar-refractivity contribution in [3.8, 4) is 5.75 Å². The van der Waals surface area contributed by atoms with E-state index in [2.05, 4.69) is 51.3 Å². The van der Waals surface area contributed by atoms with Gasteiger partial charge in [-0.05, 0) is 92.0 Å². The predicted octanol–water partition coefficient (Wildman–Crippen LogP) is 5.44. The first-order valence-corrected chi connectivity index (χ1v) is 16.3. The molecular formula is C34H41FN6O2S. The normalized spacial score (nSPS) is 16.7. The summed E-state index contributed by atoms with van der Waals surface area (Å²) in [6.07, 6.45) is 1.85. The van der Waals surface area contributed by atoms with Crippen molar-refractivity contribution >= 4 is 33.5 Å². The molecule has 0 aliphatic carbocycles. The first-order valence-electron chi connectivity index (χ1n) is 15.5. The van der Waals surface area contributed by atoms with Gasteiger partial charge in [-0.1, -0.05) is 36.4 Å². The molecule has 44 heavy (non-hydrogen) atoms. The van der Waals surface area contributed by atoms with Crippen LogP contribution in [0.5, 0.6) is 5.75 Å². The smallest absolute Gasteiger partial charge is 0.318 e. The number of fused-ring (bicyclic) bond motifs is 1. The monoisotopic (exact) mass is 616 g/mol. The van der Waals surface area contributed by atoms with Crippen LogP contribution in [-0.2, 0) is 13.1 Å². The summed E-state index contributed by atoms with van der Waals surface area (Å²) in [4.78, 5) is 22.4. The third-order valence-electron chi connectivity index (χ3n) is 8.73. The molecule has 2 amide bonds. The van der Waals surface area contributed by atoms with Crippen LogP contribution in [0.15, 0.2) is 72.8 Å². The van der Waals surface area contributed by atoms with Crippen LogP contribution < -0.4 is 15.0 Å². The summed E-state index contributed by atoms with van der Waals surface area (Å²) in [7, 11) is 2.11. The third-order valence-corrected chi connectivity index (χ3v) is 9.55. The van der Waals surface area contributed by atoms with Crippen molar-refractivity contribution in [3.05, 3.63) is 89.7 Å². The molecule has 10 heteroatoms. The number of nitrogens with one attached hydrogen (secondary N) is 1. The van der Waals surface area contributed by atoms with Crippen LogP contribution in [0.2, 0.25) is 0 Å². The van der Waals surface area contributed by atoms with Crippen LogP contribution in [0.25, 0.3) is 10.1 Å². The molecule has 232 valence electrons. The molecule has 6 rings (SSSR count). The van der Waals surface area contributed by atoms with Gasteiger partial charge in [0.15, 0.2) is 0 Å². The van der Waals surface area contributed by atoms with Gasteiger partial charge in [-0.15, -0.1) is 0 Å². The number of rotatable bonds is 10. The molecule has 2 fully saturated rings. The van der Waals surface area contributed by atoms with E-state index >= 15 is 0 Å². The van der Waals surface area contributed by atoms with Gasteiger partial charge in [0.1, 0.15) is 24.0 Å². The number of hydrogen-bond acceptors (Lipinski definition) is 7. The second kappa shape index (κ2) is 14.4. The minimum atomic E-state index is -0.268. The Hall–Kier alpha value is -3.73. The number of hydrogen-bond donors (Lipinski definition) is 1. The van der Waals surface area contributed by atoms with Crippen molar-refractivity contribution in [1.82, 2.24) is 24.4 Å². The van der Waals surface area contributed by atoms with E-state index in [1.54, 1.807) is 23.7 Å². The van der Waals surface area contributed by atoms with Gasteiger partial charge in [0.25, 0.3) is 0 Å². The summed E-state index contributed by atoms with van der Waals surface area (Å²) in [5.41, 5.74) is 1.94. The number of halogens is 1. The highest BCUT2D eigenvalue weighted by molar-refractivity contribution is 7.13. The Balaban J connectivity index is 0.946. The number of anilines is 1. The minimum Gasteiger partial charge on any atom is -0.492 e. The number of urea groups is 1. The number of nitrogens with zero attached hydrogens (tertiary/aromatic N) is 5. The Morgan fingerprint density at radius 1 is 0.955 bits per heavy atom. The highest BCUT2D eigenvalue weighted by Crippen LogP contribution is 2.30. The molecule has 8 nitrogen and oxygen atoms in total. The Morgan fingerprint density at radius 3 is 2.41 bits per heavy atom. The lowest BCUT2D eigenvalue weighted by Crippen LogP contribution is -2.49. The highest BCUT2D eigenvalue weighted by atomic mass is 32.1. The standard InChI is InChI=1S/C34H41FN6O2S/c1-38-16-14-29(15-17-38)41(25-27-6-10-28(35)11-7-27)34(42)36-24-26-8-12-30(13-9-26)43-23-22-39-18-20-40(21-19-39)33-31-4-2-3-5-32(31)44-37-33/h2-13,29H,14-25H2,1H3,(H,36,42). The summed E-state index contributed by atoms with van der Waals surface area (Å²) in [6, 6.07) is 22.9. The van der Waals surface area contributed by atoms with Gasteiger partial charge in [0.05, 0.1) is 4.70 Å². The molecule has 0 bridgehead atoms. The largest absolute Gasteiger partial charge is 0.492 e. The lowest BCUT2D eigenvalue weighted by atomic mass is 10.0. The number of ether oxygens (including phenoxy) is 1. The topological polar surface area (TPSA) is 64.2 Å². The van der Waals surface area contributed by atoms with Crippen molar-refractivity contribution in [2.75, 3.05) is 64.4 Å². The van der Waals surface area contributed by atoms with Crippen molar-refractivity contribution < 1.29 is 13.9 Å². The maximum absolute atomic E-state index is 13.5. The molecule has 2 aliphatic heterocycles. The molecular weight excluding hydrogens is 575 g/mol. The molecule has 0 unspecified atom stereocenters. The maximum Gasteiger partial charge on any atom is 0.318 e. The molecule has 1 N–H and O–H groups in total. The number of amides is 2. The van der Waals surface area contributed by atoms with Gasteiger partial charge >= 0.3 is 6.03 Å². The van der Waals surface area contributed by atoms with Crippen LogP contribution in [-0.4, -0.2) is 90.6 Å². The lowest BCUT2D eigenvalue weighted by molar-refractivity contribution is 0.127. The van der Waals surface area contributed by atoms with Gasteiger partial charge in [-0.3, -0.25) is 4.90 Å². The minimum absolute atomic E-state index is 0.0905. The Labute approximate surface area is 263 Å². The number of likely N-dealkylation sites (tertiary alicyclic amines) is 1. The second-order valence-electron chi connectivity index (χ2n) is 11.8.